The highest BCUT2D eigenvalue weighted by molar-refractivity contribution is 5.89. The van der Waals surface area contributed by atoms with Crippen LogP contribution in [0.1, 0.15) is 24.3 Å². The van der Waals surface area contributed by atoms with E-state index in [9.17, 15) is 9.70 Å². The third kappa shape index (κ3) is 4.28. The van der Waals surface area contributed by atoms with Crippen LogP contribution in [0.4, 0.5) is 5.69 Å². The van der Waals surface area contributed by atoms with Crippen LogP contribution >= 0.6 is 0 Å². The average molecular weight is 288 g/mol. The van der Waals surface area contributed by atoms with Crippen LogP contribution in [0.5, 0.6) is 0 Å². The molecule has 0 radical (unpaired) electrons. The van der Waals surface area contributed by atoms with Gasteiger partial charge in [0.15, 0.2) is 12.9 Å². The van der Waals surface area contributed by atoms with Crippen LogP contribution in [0.15, 0.2) is 6.20 Å². The number of hydrogen-bond acceptors (Lipinski definition) is 6. The number of aryl methyl sites for hydroxylation is 1. The van der Waals surface area contributed by atoms with E-state index in [1.54, 1.807) is 0 Å². The van der Waals surface area contributed by atoms with E-state index in [2.05, 4.69) is 9.94 Å². The van der Waals surface area contributed by atoms with Gasteiger partial charge in [-0.1, -0.05) is 0 Å². The highest BCUT2D eigenvalue weighted by Crippen LogP contribution is 2.16. The van der Waals surface area contributed by atoms with Crippen LogP contribution in [-0.2, 0) is 21.4 Å². The molecule has 1 N–H and O–H groups in total. The molecule has 1 saturated heterocycles. The largest absolute Gasteiger partial charge is 0.476 e. The van der Waals surface area contributed by atoms with Crippen molar-refractivity contribution in [2.45, 2.75) is 19.6 Å². The van der Waals surface area contributed by atoms with E-state index in [0.29, 0.717) is 0 Å². The van der Waals surface area contributed by atoms with Crippen LogP contribution in [0.2, 0.25) is 0 Å². The number of ether oxygens (including phenoxy) is 2. The summed E-state index contributed by atoms with van der Waals surface area (Å²) in [5, 5.41) is 12.2. The number of nitrogens with zero attached hydrogens (tertiary/aromatic N) is 3. The number of aromatic carboxylic acids is 1. The summed E-state index contributed by atoms with van der Waals surface area (Å²) in [4.78, 5) is 25.9. The second-order valence-electron chi connectivity index (χ2n) is 4.38. The maximum atomic E-state index is 10.9. The first-order valence-electron chi connectivity index (χ1n) is 5.83. The lowest BCUT2D eigenvalue weighted by Crippen LogP contribution is -2.18. The SMILES string of the molecule is CC1(C)OCCO1.CO[N+](=O)c1cn(C)nc1C(=O)O. The van der Waals surface area contributed by atoms with Gasteiger partial charge in [0, 0.05) is 7.05 Å². The maximum absolute atomic E-state index is 10.9. The van der Waals surface area contributed by atoms with Crippen molar-refractivity contribution in [3.05, 3.63) is 16.8 Å². The molecule has 0 atom stereocenters. The van der Waals surface area contributed by atoms with Gasteiger partial charge in [-0.3, -0.25) is 4.68 Å². The summed E-state index contributed by atoms with van der Waals surface area (Å²) in [7, 11) is 2.66. The molecule has 1 aliphatic heterocycles. The van der Waals surface area contributed by atoms with Crippen molar-refractivity contribution in [1.82, 2.24) is 9.78 Å². The van der Waals surface area contributed by atoms with Gasteiger partial charge in [0.1, 0.15) is 6.20 Å². The van der Waals surface area contributed by atoms with E-state index >= 15 is 0 Å². The second-order valence-corrected chi connectivity index (χ2v) is 4.38. The summed E-state index contributed by atoms with van der Waals surface area (Å²) >= 11 is 0. The lowest BCUT2D eigenvalue weighted by atomic mass is 10.4. The molecule has 1 fully saturated rings. The molecule has 0 spiro atoms. The minimum atomic E-state index is -1.27. The molecular weight excluding hydrogens is 270 g/mol. The molecule has 20 heavy (non-hydrogen) atoms. The first-order chi connectivity index (χ1) is 9.26. The summed E-state index contributed by atoms with van der Waals surface area (Å²) in [6.07, 6.45) is 1.26. The smallest absolute Gasteiger partial charge is 0.369 e. The molecule has 9 heteroatoms. The Morgan fingerprint density at radius 3 is 2.40 bits per heavy atom. The van der Waals surface area contributed by atoms with Crippen molar-refractivity contribution < 1.29 is 29.1 Å². The Hall–Kier alpha value is -2.00. The number of aromatic nitrogens is 2. The number of carbonyl (C=O) groups is 1. The summed E-state index contributed by atoms with van der Waals surface area (Å²) in [5.74, 6) is -1.58. The minimum absolute atomic E-state index is 0.0937. The van der Waals surface area contributed by atoms with Crippen LogP contribution in [0.25, 0.3) is 0 Å². The standard InChI is InChI=1S/C6H7N3O4.C5H10O2/c1-8-3-4(9(12)13-2)5(7-8)6(10)11;1-5(2)6-3-4-7-5/h3H,1-2H3;3-4H2,1-2H3/p+1. The monoisotopic (exact) mass is 288 g/mol. The van der Waals surface area contributed by atoms with E-state index in [1.165, 1.54) is 17.9 Å². The fourth-order valence-corrected chi connectivity index (χ4v) is 1.48. The van der Waals surface area contributed by atoms with Crippen LogP contribution in [0.3, 0.4) is 0 Å². The van der Waals surface area contributed by atoms with E-state index in [0.717, 1.165) is 20.3 Å². The zero-order valence-electron chi connectivity index (χ0n) is 11.8. The van der Waals surface area contributed by atoms with Crippen LogP contribution in [-0.4, -0.2) is 51.9 Å². The van der Waals surface area contributed by atoms with Crippen molar-refractivity contribution >= 4 is 11.7 Å². The predicted octanol–water partition coefficient (Wildman–Crippen LogP) is 0.859. The Morgan fingerprint density at radius 2 is 2.05 bits per heavy atom. The zero-order chi connectivity index (χ0) is 15.3. The van der Waals surface area contributed by atoms with Crippen LogP contribution < -0.4 is 0 Å². The summed E-state index contributed by atoms with van der Waals surface area (Å²) in [6.45, 7) is 5.32. The van der Waals surface area contributed by atoms with Crippen molar-refractivity contribution in [2.24, 2.45) is 7.05 Å². The molecule has 1 aromatic heterocycles. The average Bonchev–Trinajstić information content (AvgIpc) is 2.94. The molecule has 0 aliphatic carbocycles. The molecule has 0 amide bonds. The first kappa shape index (κ1) is 16.1. The van der Waals surface area contributed by atoms with E-state index in [-0.39, 0.29) is 22.1 Å². The molecule has 1 aromatic rings. The topological polar surface area (TPSA) is 103 Å². The Balaban J connectivity index is 0.000000240. The number of rotatable bonds is 3. The Labute approximate surface area is 115 Å². The molecule has 0 unspecified atom stereocenters. The normalized spacial score (nSPS) is 16.2. The lowest BCUT2D eigenvalue weighted by molar-refractivity contribution is -0.736. The van der Waals surface area contributed by atoms with Gasteiger partial charge in [-0.25, -0.2) is 9.63 Å². The molecule has 2 rings (SSSR count). The number of carboxylic acid groups (broad SMARTS) is 1. The molecule has 1 aliphatic rings. The van der Waals surface area contributed by atoms with Crippen molar-refractivity contribution in [3.63, 3.8) is 0 Å². The molecule has 0 bridgehead atoms. The highest BCUT2D eigenvalue weighted by Gasteiger charge is 2.29. The third-order valence-electron chi connectivity index (χ3n) is 2.36. The van der Waals surface area contributed by atoms with E-state index in [1.807, 2.05) is 13.8 Å². The van der Waals surface area contributed by atoms with Crippen molar-refractivity contribution in [3.8, 4) is 0 Å². The highest BCUT2D eigenvalue weighted by atomic mass is 16.8. The van der Waals surface area contributed by atoms with Crippen molar-refractivity contribution in [1.29, 1.82) is 0 Å². The Bertz CT molecular complexity index is 488. The van der Waals surface area contributed by atoms with E-state index < -0.39 is 5.97 Å². The van der Waals surface area contributed by atoms with Crippen LogP contribution in [0, 0.1) is 4.91 Å². The molecule has 0 saturated carbocycles. The van der Waals surface area contributed by atoms with Gasteiger partial charge in [-0.15, -0.1) is 0 Å². The van der Waals surface area contributed by atoms with Gasteiger partial charge < -0.3 is 14.6 Å². The molecule has 0 aromatic carbocycles. The lowest BCUT2D eigenvalue weighted by Gasteiger charge is -2.13. The van der Waals surface area contributed by atoms with E-state index in [4.69, 9.17) is 14.6 Å². The first-order valence-corrected chi connectivity index (χ1v) is 5.83. The second kappa shape index (κ2) is 6.44. The predicted molar refractivity (Wildman–Crippen MR) is 66.4 cm³/mol. The zero-order valence-corrected chi connectivity index (χ0v) is 11.8. The van der Waals surface area contributed by atoms with Gasteiger partial charge in [0.2, 0.25) is 0 Å². The molecule has 112 valence electrons. The quantitative estimate of drug-likeness (QED) is 0.823. The maximum Gasteiger partial charge on any atom is 0.369 e. The Kier molecular flexibility index (Phi) is 5.17. The van der Waals surface area contributed by atoms with Gasteiger partial charge in [-0.05, 0) is 13.8 Å². The Morgan fingerprint density at radius 1 is 1.50 bits per heavy atom. The minimum Gasteiger partial charge on any atom is -0.476 e. The van der Waals surface area contributed by atoms with Gasteiger partial charge in [0.25, 0.3) is 10.6 Å². The van der Waals surface area contributed by atoms with Crippen molar-refractivity contribution in [2.75, 3.05) is 20.3 Å². The molecule has 2 heterocycles. The molecular formula is C11H18N3O6+. The fraction of sp³-hybridized carbons (Fsp3) is 0.636. The van der Waals surface area contributed by atoms with Gasteiger partial charge in [0.05, 0.1) is 18.1 Å². The number of carboxylic acids is 1. The van der Waals surface area contributed by atoms with Gasteiger partial charge in [-0.2, -0.15) is 5.10 Å². The molecule has 9 nitrogen and oxygen atoms in total. The third-order valence-corrected chi connectivity index (χ3v) is 2.36. The van der Waals surface area contributed by atoms with Gasteiger partial charge >= 0.3 is 11.7 Å². The summed E-state index contributed by atoms with van der Waals surface area (Å²) < 4.78 is 11.5. The summed E-state index contributed by atoms with van der Waals surface area (Å²) in [5.41, 5.74) is -0.461. The fourth-order valence-electron chi connectivity index (χ4n) is 1.48. The number of hydrogen-bond donors (Lipinski definition) is 1. The summed E-state index contributed by atoms with van der Waals surface area (Å²) in [6, 6.07) is 0.